The number of carbonyl (C=O) groups is 2. The Morgan fingerprint density at radius 3 is 2.67 bits per heavy atom. The molecule has 1 aliphatic rings. The van der Waals surface area contributed by atoms with Crippen LogP contribution in [0, 0.1) is 26.7 Å². The maximum atomic E-state index is 12.7. The van der Waals surface area contributed by atoms with E-state index in [4.69, 9.17) is 5.11 Å². The van der Waals surface area contributed by atoms with E-state index in [1.54, 1.807) is 15.8 Å². The van der Waals surface area contributed by atoms with Gasteiger partial charge in [0.15, 0.2) is 0 Å². The molecule has 3 rings (SSSR count). The highest BCUT2D eigenvalue weighted by Gasteiger charge is 2.32. The number of rotatable bonds is 3. The molecule has 1 N–H and O–H groups in total. The van der Waals surface area contributed by atoms with E-state index in [0.717, 1.165) is 22.5 Å². The lowest BCUT2D eigenvalue weighted by molar-refractivity contribution is -0.141. The summed E-state index contributed by atoms with van der Waals surface area (Å²) in [6.07, 6.45) is 2.08. The van der Waals surface area contributed by atoms with Crippen LogP contribution in [0.25, 0.3) is 5.69 Å². The van der Waals surface area contributed by atoms with Crippen molar-refractivity contribution >= 4 is 11.9 Å². The summed E-state index contributed by atoms with van der Waals surface area (Å²) in [5.74, 6) is -1.45. The van der Waals surface area contributed by atoms with Crippen LogP contribution in [-0.4, -0.2) is 44.8 Å². The van der Waals surface area contributed by atoms with E-state index in [9.17, 15) is 9.59 Å². The number of benzene rings is 1. The smallest absolute Gasteiger partial charge is 0.308 e. The number of aliphatic carboxylic acids is 1. The van der Waals surface area contributed by atoms with Crippen LogP contribution in [0.2, 0.25) is 0 Å². The molecule has 0 spiro atoms. The van der Waals surface area contributed by atoms with Gasteiger partial charge in [0, 0.05) is 13.1 Å². The summed E-state index contributed by atoms with van der Waals surface area (Å²) in [6.45, 7) is 6.64. The van der Waals surface area contributed by atoms with Crippen molar-refractivity contribution < 1.29 is 14.7 Å². The van der Waals surface area contributed by atoms with Gasteiger partial charge in [-0.1, -0.05) is 12.1 Å². The van der Waals surface area contributed by atoms with Crippen LogP contribution < -0.4 is 0 Å². The molecule has 24 heavy (non-hydrogen) atoms. The molecule has 6 heteroatoms. The molecule has 1 amide bonds. The maximum absolute atomic E-state index is 12.7. The van der Waals surface area contributed by atoms with Gasteiger partial charge in [-0.15, -0.1) is 0 Å². The Hall–Kier alpha value is -2.63. The van der Waals surface area contributed by atoms with Crippen molar-refractivity contribution in [1.29, 1.82) is 0 Å². The van der Waals surface area contributed by atoms with Gasteiger partial charge in [-0.05, 0) is 44.4 Å². The average molecular weight is 327 g/mol. The molecule has 1 aromatic carbocycles. The molecule has 6 nitrogen and oxygen atoms in total. The topological polar surface area (TPSA) is 75.4 Å². The minimum atomic E-state index is -0.840. The Balaban J connectivity index is 1.89. The Morgan fingerprint density at radius 1 is 1.25 bits per heavy atom. The minimum absolute atomic E-state index is 0.146. The summed E-state index contributed by atoms with van der Waals surface area (Å²) in [5, 5.41) is 13.5. The lowest BCUT2D eigenvalue weighted by Crippen LogP contribution is -2.30. The van der Waals surface area contributed by atoms with E-state index in [0.29, 0.717) is 18.5 Å². The lowest BCUT2D eigenvalue weighted by atomic mass is 10.1. The molecule has 1 atom stereocenters. The number of aromatic nitrogens is 2. The predicted molar refractivity (Wildman–Crippen MR) is 89.4 cm³/mol. The molecule has 0 radical (unpaired) electrons. The van der Waals surface area contributed by atoms with Crippen molar-refractivity contribution in [2.24, 2.45) is 5.92 Å². The van der Waals surface area contributed by atoms with Gasteiger partial charge in [-0.25, -0.2) is 4.68 Å². The Labute approximate surface area is 140 Å². The number of likely N-dealkylation sites (tertiary alicyclic amines) is 1. The quantitative estimate of drug-likeness (QED) is 0.939. The van der Waals surface area contributed by atoms with E-state index in [1.807, 2.05) is 39.0 Å². The largest absolute Gasteiger partial charge is 0.481 e. The van der Waals surface area contributed by atoms with Crippen molar-refractivity contribution in [3.63, 3.8) is 0 Å². The third kappa shape index (κ3) is 2.79. The van der Waals surface area contributed by atoms with E-state index < -0.39 is 11.9 Å². The van der Waals surface area contributed by atoms with Crippen LogP contribution in [-0.2, 0) is 4.79 Å². The second-order valence-electron chi connectivity index (χ2n) is 6.42. The highest BCUT2D eigenvalue weighted by atomic mass is 16.4. The summed E-state index contributed by atoms with van der Waals surface area (Å²) in [7, 11) is 0. The monoisotopic (exact) mass is 327 g/mol. The Kier molecular flexibility index (Phi) is 4.13. The van der Waals surface area contributed by atoms with Crippen LogP contribution >= 0.6 is 0 Å². The Morgan fingerprint density at radius 2 is 2.00 bits per heavy atom. The number of amides is 1. The first-order valence-electron chi connectivity index (χ1n) is 8.03. The summed E-state index contributed by atoms with van der Waals surface area (Å²) in [6, 6.07) is 6.12. The van der Waals surface area contributed by atoms with E-state index in [2.05, 4.69) is 5.10 Å². The number of carboxylic acids is 1. The fourth-order valence-corrected chi connectivity index (χ4v) is 3.13. The average Bonchev–Trinajstić information content (AvgIpc) is 3.16. The molecule has 0 aliphatic carbocycles. The number of nitrogens with zero attached hydrogens (tertiary/aromatic N) is 3. The van der Waals surface area contributed by atoms with Crippen LogP contribution in [0.4, 0.5) is 0 Å². The number of carboxylic acid groups (broad SMARTS) is 1. The van der Waals surface area contributed by atoms with E-state index in [-0.39, 0.29) is 12.5 Å². The molecule has 0 saturated carbocycles. The van der Waals surface area contributed by atoms with Crippen molar-refractivity contribution in [3.05, 3.63) is 46.8 Å². The van der Waals surface area contributed by atoms with E-state index >= 15 is 0 Å². The zero-order valence-corrected chi connectivity index (χ0v) is 14.1. The number of hydrogen-bond donors (Lipinski definition) is 1. The molecule has 1 aromatic heterocycles. The molecule has 1 fully saturated rings. The van der Waals surface area contributed by atoms with Gasteiger partial charge in [-0.2, -0.15) is 5.10 Å². The van der Waals surface area contributed by atoms with Gasteiger partial charge in [-0.3, -0.25) is 9.59 Å². The number of aryl methyl sites for hydroxylation is 2. The van der Waals surface area contributed by atoms with Crippen LogP contribution in [0.1, 0.15) is 33.6 Å². The first-order valence-corrected chi connectivity index (χ1v) is 8.03. The molecular weight excluding hydrogens is 306 g/mol. The molecule has 1 unspecified atom stereocenters. The third-order valence-electron chi connectivity index (χ3n) is 4.66. The molecule has 126 valence electrons. The normalized spacial score (nSPS) is 17.3. The van der Waals surface area contributed by atoms with Crippen LogP contribution in [0.3, 0.4) is 0 Å². The standard InChI is InChI=1S/C18H21N3O3/c1-11-4-5-12(2)16(8-11)21-13(3)15(9-19-21)17(22)20-7-6-14(10-20)18(23)24/h4-5,8-9,14H,6-7,10H2,1-3H3,(H,23,24). The van der Waals surface area contributed by atoms with Crippen molar-refractivity contribution in [1.82, 2.24) is 14.7 Å². The van der Waals surface area contributed by atoms with Gasteiger partial charge in [0.1, 0.15) is 0 Å². The first-order chi connectivity index (χ1) is 11.4. The SMILES string of the molecule is Cc1ccc(C)c(-n2ncc(C(=O)N3CCC(C(=O)O)C3)c2C)c1. The van der Waals surface area contributed by atoms with Gasteiger partial charge < -0.3 is 10.0 Å². The van der Waals surface area contributed by atoms with Crippen LogP contribution in [0.5, 0.6) is 0 Å². The zero-order chi connectivity index (χ0) is 17.4. The zero-order valence-electron chi connectivity index (χ0n) is 14.1. The molecule has 2 aromatic rings. The fraction of sp³-hybridized carbons (Fsp3) is 0.389. The van der Waals surface area contributed by atoms with Gasteiger partial charge >= 0.3 is 5.97 Å². The summed E-state index contributed by atoms with van der Waals surface area (Å²) in [4.78, 5) is 25.4. The highest BCUT2D eigenvalue weighted by Crippen LogP contribution is 2.23. The highest BCUT2D eigenvalue weighted by molar-refractivity contribution is 5.95. The van der Waals surface area contributed by atoms with Crippen molar-refractivity contribution in [2.45, 2.75) is 27.2 Å². The summed E-state index contributed by atoms with van der Waals surface area (Å²) in [5.41, 5.74) is 4.46. The molecule has 1 aliphatic heterocycles. The first kappa shape index (κ1) is 16.2. The van der Waals surface area contributed by atoms with Crippen LogP contribution in [0.15, 0.2) is 24.4 Å². The van der Waals surface area contributed by atoms with Gasteiger partial charge in [0.25, 0.3) is 5.91 Å². The molecule has 0 bridgehead atoms. The van der Waals surface area contributed by atoms with Gasteiger partial charge in [0.05, 0.1) is 29.1 Å². The van der Waals surface area contributed by atoms with Crippen molar-refractivity contribution in [3.8, 4) is 5.69 Å². The molecule has 1 saturated heterocycles. The number of hydrogen-bond acceptors (Lipinski definition) is 3. The summed E-state index contributed by atoms with van der Waals surface area (Å²) < 4.78 is 1.78. The van der Waals surface area contributed by atoms with Gasteiger partial charge in [0.2, 0.25) is 0 Å². The fourth-order valence-electron chi connectivity index (χ4n) is 3.13. The van der Waals surface area contributed by atoms with E-state index in [1.165, 1.54) is 0 Å². The predicted octanol–water partition coefficient (Wildman–Crippen LogP) is 2.34. The summed E-state index contributed by atoms with van der Waals surface area (Å²) >= 11 is 0. The number of carbonyl (C=O) groups excluding carboxylic acids is 1. The third-order valence-corrected chi connectivity index (χ3v) is 4.66. The Bertz CT molecular complexity index is 810. The lowest BCUT2D eigenvalue weighted by Gasteiger charge is -2.16. The van der Waals surface area contributed by atoms with Crippen molar-refractivity contribution in [2.75, 3.05) is 13.1 Å². The second kappa shape index (κ2) is 6.11. The molecule has 2 heterocycles. The minimum Gasteiger partial charge on any atom is -0.481 e. The molecular formula is C18H21N3O3. The maximum Gasteiger partial charge on any atom is 0.308 e. The second-order valence-corrected chi connectivity index (χ2v) is 6.42.